The van der Waals surface area contributed by atoms with E-state index in [-0.39, 0.29) is 0 Å². The fourth-order valence-corrected chi connectivity index (χ4v) is 4.15. The first kappa shape index (κ1) is 17.3. The van der Waals surface area contributed by atoms with E-state index in [0.717, 1.165) is 55.0 Å². The standard InChI is InChI=1S/C16H22N4O2S2/c1-24(21,22)19-14-4-2-12(3-5-14)15-11-23-16(18-15)10-20-8-6-13(17)7-9-20/h2-5,11,13,19H,6-10,17H2,1H3. The summed E-state index contributed by atoms with van der Waals surface area (Å²) >= 11 is 1.66. The van der Waals surface area contributed by atoms with Crippen LogP contribution in [-0.4, -0.2) is 43.7 Å². The van der Waals surface area contributed by atoms with Gasteiger partial charge >= 0.3 is 0 Å². The Balaban J connectivity index is 1.64. The van der Waals surface area contributed by atoms with Crippen LogP contribution in [0.2, 0.25) is 0 Å². The highest BCUT2D eigenvalue weighted by molar-refractivity contribution is 7.92. The van der Waals surface area contributed by atoms with Gasteiger partial charge in [0.15, 0.2) is 0 Å². The van der Waals surface area contributed by atoms with Gasteiger partial charge in [-0.1, -0.05) is 12.1 Å². The van der Waals surface area contributed by atoms with Crippen LogP contribution in [0.1, 0.15) is 17.8 Å². The van der Waals surface area contributed by atoms with Gasteiger partial charge in [-0.25, -0.2) is 13.4 Å². The Kier molecular flexibility index (Phi) is 5.19. The summed E-state index contributed by atoms with van der Waals surface area (Å²) in [4.78, 5) is 7.10. The number of piperidine rings is 1. The molecule has 0 atom stereocenters. The quantitative estimate of drug-likeness (QED) is 0.846. The summed E-state index contributed by atoms with van der Waals surface area (Å²) in [5, 5.41) is 3.14. The normalized spacial score (nSPS) is 17.1. The molecule has 0 bridgehead atoms. The van der Waals surface area contributed by atoms with Crippen LogP contribution in [0.3, 0.4) is 0 Å². The van der Waals surface area contributed by atoms with E-state index in [1.807, 2.05) is 17.5 Å². The predicted molar refractivity (Wildman–Crippen MR) is 98.5 cm³/mol. The van der Waals surface area contributed by atoms with Gasteiger partial charge in [-0.2, -0.15) is 0 Å². The monoisotopic (exact) mass is 366 g/mol. The highest BCUT2D eigenvalue weighted by Crippen LogP contribution is 2.25. The van der Waals surface area contributed by atoms with Gasteiger partial charge in [0.05, 0.1) is 18.5 Å². The molecule has 6 nitrogen and oxygen atoms in total. The van der Waals surface area contributed by atoms with Crippen LogP contribution in [-0.2, 0) is 16.6 Å². The lowest BCUT2D eigenvalue weighted by Crippen LogP contribution is -2.39. The van der Waals surface area contributed by atoms with Gasteiger partial charge in [-0.05, 0) is 25.0 Å². The lowest BCUT2D eigenvalue weighted by molar-refractivity contribution is 0.205. The number of nitrogens with one attached hydrogen (secondary N) is 1. The maximum absolute atomic E-state index is 11.2. The van der Waals surface area contributed by atoms with Crippen molar-refractivity contribution in [1.82, 2.24) is 9.88 Å². The second-order valence-corrected chi connectivity index (χ2v) is 8.88. The Morgan fingerprint density at radius 3 is 2.58 bits per heavy atom. The molecule has 3 rings (SSSR count). The number of nitrogens with zero attached hydrogens (tertiary/aromatic N) is 2. The van der Waals surface area contributed by atoms with Crippen LogP contribution in [0.15, 0.2) is 29.6 Å². The van der Waals surface area contributed by atoms with Crippen LogP contribution in [0.25, 0.3) is 11.3 Å². The number of sulfonamides is 1. The van der Waals surface area contributed by atoms with E-state index in [1.54, 1.807) is 23.5 Å². The lowest BCUT2D eigenvalue weighted by Gasteiger charge is -2.29. The minimum atomic E-state index is -3.25. The van der Waals surface area contributed by atoms with Gasteiger partial charge in [-0.15, -0.1) is 11.3 Å². The average Bonchev–Trinajstić information content (AvgIpc) is 2.97. The van der Waals surface area contributed by atoms with Crippen LogP contribution < -0.4 is 10.5 Å². The molecule has 1 saturated heterocycles. The van der Waals surface area contributed by atoms with E-state index in [4.69, 9.17) is 10.7 Å². The molecular weight excluding hydrogens is 344 g/mol. The summed E-state index contributed by atoms with van der Waals surface area (Å²) < 4.78 is 24.9. The molecule has 2 heterocycles. The fraction of sp³-hybridized carbons (Fsp3) is 0.438. The Labute approximate surface area is 146 Å². The molecule has 1 fully saturated rings. The lowest BCUT2D eigenvalue weighted by atomic mass is 10.1. The van der Waals surface area contributed by atoms with Crippen LogP contribution in [0.5, 0.6) is 0 Å². The second kappa shape index (κ2) is 7.18. The molecule has 24 heavy (non-hydrogen) atoms. The van der Waals surface area contributed by atoms with Crippen molar-refractivity contribution in [1.29, 1.82) is 0 Å². The number of hydrogen-bond donors (Lipinski definition) is 2. The van der Waals surface area contributed by atoms with Crippen molar-refractivity contribution in [2.45, 2.75) is 25.4 Å². The summed E-state index contributed by atoms with van der Waals surface area (Å²) in [5.74, 6) is 0. The van der Waals surface area contributed by atoms with E-state index in [2.05, 4.69) is 9.62 Å². The van der Waals surface area contributed by atoms with E-state index in [1.165, 1.54) is 0 Å². The average molecular weight is 367 g/mol. The Morgan fingerprint density at radius 1 is 1.29 bits per heavy atom. The third kappa shape index (κ3) is 4.76. The van der Waals surface area contributed by atoms with Crippen molar-refractivity contribution < 1.29 is 8.42 Å². The van der Waals surface area contributed by atoms with Crippen molar-refractivity contribution in [3.63, 3.8) is 0 Å². The summed E-state index contributed by atoms with van der Waals surface area (Å²) in [6, 6.07) is 7.61. The Morgan fingerprint density at radius 2 is 1.96 bits per heavy atom. The third-order valence-corrected chi connectivity index (χ3v) is 5.47. The van der Waals surface area contributed by atoms with Crippen molar-refractivity contribution in [2.75, 3.05) is 24.1 Å². The molecular formula is C16H22N4O2S2. The smallest absolute Gasteiger partial charge is 0.229 e. The first-order valence-electron chi connectivity index (χ1n) is 7.89. The first-order valence-corrected chi connectivity index (χ1v) is 10.7. The number of nitrogens with two attached hydrogens (primary N) is 1. The largest absolute Gasteiger partial charge is 0.328 e. The Hall–Kier alpha value is -1.48. The molecule has 2 aromatic rings. The van der Waals surface area contributed by atoms with Crippen LogP contribution in [0, 0.1) is 0 Å². The number of rotatable bonds is 5. The van der Waals surface area contributed by atoms with Gasteiger partial charge in [0, 0.05) is 35.8 Å². The zero-order valence-corrected chi connectivity index (χ0v) is 15.2. The fourth-order valence-electron chi connectivity index (χ4n) is 2.74. The maximum atomic E-state index is 11.2. The van der Waals surface area contributed by atoms with E-state index in [9.17, 15) is 8.42 Å². The second-order valence-electron chi connectivity index (χ2n) is 6.19. The van der Waals surface area contributed by atoms with Crippen LogP contribution >= 0.6 is 11.3 Å². The molecule has 0 saturated carbocycles. The molecule has 8 heteroatoms. The third-order valence-electron chi connectivity index (χ3n) is 4.03. The van der Waals surface area contributed by atoms with Gasteiger partial charge in [0.1, 0.15) is 5.01 Å². The SMILES string of the molecule is CS(=O)(=O)Nc1ccc(-c2csc(CN3CCC(N)CC3)n2)cc1. The predicted octanol–water partition coefficient (Wildman–Crippen LogP) is 2.10. The molecule has 0 radical (unpaired) electrons. The van der Waals surface area contributed by atoms with Gasteiger partial charge in [0.2, 0.25) is 10.0 Å². The molecule has 0 spiro atoms. The number of anilines is 1. The number of likely N-dealkylation sites (tertiary alicyclic amines) is 1. The van der Waals surface area contributed by atoms with Crippen molar-refractivity contribution in [2.24, 2.45) is 5.73 Å². The van der Waals surface area contributed by atoms with Gasteiger partial charge in [0.25, 0.3) is 0 Å². The molecule has 0 aliphatic carbocycles. The molecule has 1 aromatic carbocycles. The summed E-state index contributed by atoms with van der Waals surface area (Å²) in [7, 11) is -3.25. The minimum absolute atomic E-state index is 0.340. The number of aromatic nitrogens is 1. The number of benzene rings is 1. The van der Waals surface area contributed by atoms with E-state index in [0.29, 0.717) is 11.7 Å². The molecule has 1 aliphatic rings. The topological polar surface area (TPSA) is 88.3 Å². The van der Waals surface area contributed by atoms with Crippen molar-refractivity contribution in [3.05, 3.63) is 34.7 Å². The van der Waals surface area contributed by atoms with E-state index < -0.39 is 10.0 Å². The molecule has 1 aromatic heterocycles. The zero-order valence-electron chi connectivity index (χ0n) is 13.6. The molecule has 0 amide bonds. The first-order chi connectivity index (χ1) is 11.4. The summed E-state index contributed by atoms with van der Waals surface area (Å²) in [5.41, 5.74) is 8.40. The van der Waals surface area contributed by atoms with Gasteiger partial charge in [-0.3, -0.25) is 9.62 Å². The summed E-state index contributed by atoms with van der Waals surface area (Å²) in [6.45, 7) is 2.93. The molecule has 3 N–H and O–H groups in total. The number of thiazole rings is 1. The number of hydrogen-bond acceptors (Lipinski definition) is 6. The highest BCUT2D eigenvalue weighted by atomic mass is 32.2. The summed E-state index contributed by atoms with van der Waals surface area (Å²) in [6.07, 6.45) is 3.24. The molecule has 130 valence electrons. The molecule has 1 aliphatic heterocycles. The van der Waals surface area contributed by atoms with E-state index >= 15 is 0 Å². The van der Waals surface area contributed by atoms with Gasteiger partial charge < -0.3 is 5.73 Å². The molecule has 0 unspecified atom stereocenters. The minimum Gasteiger partial charge on any atom is -0.328 e. The van der Waals surface area contributed by atoms with Crippen LogP contribution in [0.4, 0.5) is 5.69 Å². The Bertz CT molecular complexity index is 779. The van der Waals surface area contributed by atoms with Crippen molar-refractivity contribution >= 4 is 27.0 Å². The highest BCUT2D eigenvalue weighted by Gasteiger charge is 2.17. The van der Waals surface area contributed by atoms with Crippen molar-refractivity contribution in [3.8, 4) is 11.3 Å². The maximum Gasteiger partial charge on any atom is 0.229 e. The zero-order chi connectivity index (χ0) is 17.2.